The predicted molar refractivity (Wildman–Crippen MR) is 69.6 cm³/mol. The van der Waals surface area contributed by atoms with Gasteiger partial charge in [0.1, 0.15) is 6.54 Å². The normalized spacial score (nSPS) is 16.0. The van der Waals surface area contributed by atoms with Gasteiger partial charge in [-0.25, -0.2) is 8.42 Å². The van der Waals surface area contributed by atoms with Gasteiger partial charge in [0, 0.05) is 6.04 Å². The minimum absolute atomic E-state index is 0.363. The van der Waals surface area contributed by atoms with Crippen LogP contribution in [0.15, 0.2) is 24.3 Å². The first-order chi connectivity index (χ1) is 9.71. The van der Waals surface area contributed by atoms with Gasteiger partial charge in [-0.1, -0.05) is 12.1 Å². The monoisotopic (exact) mass is 318 g/mol. The Labute approximate surface area is 120 Å². The highest BCUT2D eigenvalue weighted by Crippen LogP contribution is 2.33. The average Bonchev–Trinajstić information content (AvgIpc) is 3.19. The van der Waals surface area contributed by atoms with E-state index in [1.807, 2.05) is 6.07 Å². The summed E-state index contributed by atoms with van der Waals surface area (Å²) in [5.41, 5.74) is 0.729. The smallest absolute Gasteiger partial charge is 0.212 e. The summed E-state index contributed by atoms with van der Waals surface area (Å²) in [5, 5.41) is 8.66. The van der Waals surface area contributed by atoms with Gasteiger partial charge in [-0.3, -0.25) is 0 Å². The van der Waals surface area contributed by atoms with Crippen molar-refractivity contribution in [2.24, 2.45) is 0 Å². The molecule has 0 bridgehead atoms. The summed E-state index contributed by atoms with van der Waals surface area (Å²) in [6, 6.07) is 7.10. The number of nitrogens with zero attached hydrogens (tertiary/aromatic N) is 2. The maximum absolute atomic E-state index is 12.5. The van der Waals surface area contributed by atoms with Crippen LogP contribution >= 0.6 is 0 Å². The zero-order valence-electron chi connectivity index (χ0n) is 11.0. The third-order valence-corrected chi connectivity index (χ3v) is 4.92. The van der Waals surface area contributed by atoms with Crippen LogP contribution in [-0.4, -0.2) is 31.5 Å². The van der Waals surface area contributed by atoms with Crippen molar-refractivity contribution in [2.75, 3.05) is 6.54 Å². The number of rotatable bonds is 5. The Morgan fingerprint density at radius 3 is 2.24 bits per heavy atom. The van der Waals surface area contributed by atoms with Gasteiger partial charge in [-0.05, 0) is 30.5 Å². The van der Waals surface area contributed by atoms with Crippen LogP contribution in [-0.2, 0) is 15.8 Å². The summed E-state index contributed by atoms with van der Waals surface area (Å²) in [4.78, 5) is 0. The lowest BCUT2D eigenvalue weighted by molar-refractivity contribution is -0.137. The van der Waals surface area contributed by atoms with Crippen molar-refractivity contribution < 1.29 is 21.6 Å². The Bertz CT molecular complexity index is 643. The lowest BCUT2D eigenvalue weighted by Gasteiger charge is -2.23. The summed E-state index contributed by atoms with van der Waals surface area (Å²) in [5.74, 6) is -0.495. The van der Waals surface area contributed by atoms with Gasteiger partial charge in [-0.15, -0.1) is 0 Å². The molecule has 0 aliphatic heterocycles. The molecule has 0 saturated heterocycles. The third-order valence-electron chi connectivity index (χ3n) is 3.08. The second kappa shape index (κ2) is 5.66. The molecule has 114 valence electrons. The predicted octanol–water partition coefficient (Wildman–Crippen LogP) is 2.41. The van der Waals surface area contributed by atoms with Crippen LogP contribution in [0.1, 0.15) is 24.0 Å². The van der Waals surface area contributed by atoms with Gasteiger partial charge in [0.25, 0.3) is 0 Å². The standard InChI is InChI=1S/C13H13F3N2O2S/c14-13(15,16)9-18(12-5-6-12)21(19,20)8-11-3-1-10(7-17)2-4-11/h1-4,12H,5-6,8-9H2. The van der Waals surface area contributed by atoms with E-state index >= 15 is 0 Å². The first-order valence-corrected chi connectivity index (χ1v) is 7.87. The highest BCUT2D eigenvalue weighted by atomic mass is 32.2. The minimum Gasteiger partial charge on any atom is -0.212 e. The lowest BCUT2D eigenvalue weighted by Crippen LogP contribution is -2.41. The number of sulfonamides is 1. The number of alkyl halides is 3. The van der Waals surface area contributed by atoms with Gasteiger partial charge in [-0.2, -0.15) is 22.7 Å². The molecule has 1 aromatic rings. The van der Waals surface area contributed by atoms with Crippen LogP contribution in [0, 0.1) is 11.3 Å². The summed E-state index contributed by atoms with van der Waals surface area (Å²) < 4.78 is 62.5. The van der Waals surface area contributed by atoms with E-state index in [0.29, 0.717) is 28.3 Å². The van der Waals surface area contributed by atoms with Gasteiger partial charge < -0.3 is 0 Å². The van der Waals surface area contributed by atoms with Gasteiger partial charge in [0.15, 0.2) is 0 Å². The van der Waals surface area contributed by atoms with E-state index in [2.05, 4.69) is 0 Å². The van der Waals surface area contributed by atoms with Gasteiger partial charge >= 0.3 is 6.18 Å². The van der Waals surface area contributed by atoms with Crippen LogP contribution < -0.4 is 0 Å². The Morgan fingerprint density at radius 2 is 1.81 bits per heavy atom. The molecule has 0 amide bonds. The van der Waals surface area contributed by atoms with Gasteiger partial charge in [0.05, 0.1) is 17.4 Å². The number of nitriles is 1. The van der Waals surface area contributed by atoms with Crippen molar-refractivity contribution in [3.8, 4) is 6.07 Å². The Hall–Kier alpha value is -1.59. The lowest BCUT2D eigenvalue weighted by atomic mass is 10.2. The molecule has 1 aliphatic rings. The fraction of sp³-hybridized carbons (Fsp3) is 0.462. The van der Waals surface area contributed by atoms with Crippen molar-refractivity contribution >= 4 is 10.0 Å². The van der Waals surface area contributed by atoms with Crippen molar-refractivity contribution in [2.45, 2.75) is 30.8 Å². The fourth-order valence-electron chi connectivity index (χ4n) is 1.96. The summed E-state index contributed by atoms with van der Waals surface area (Å²) in [7, 11) is -4.03. The highest BCUT2D eigenvalue weighted by Gasteiger charge is 2.43. The van der Waals surface area contributed by atoms with E-state index in [4.69, 9.17) is 5.26 Å². The number of halogens is 3. The summed E-state index contributed by atoms with van der Waals surface area (Å²) in [6.45, 7) is -1.45. The number of benzene rings is 1. The van der Waals surface area contributed by atoms with Crippen LogP contribution in [0.25, 0.3) is 0 Å². The Balaban J connectivity index is 2.16. The van der Waals surface area contributed by atoms with Crippen molar-refractivity contribution in [3.63, 3.8) is 0 Å². The van der Waals surface area contributed by atoms with E-state index in [1.54, 1.807) is 0 Å². The number of hydrogen-bond donors (Lipinski definition) is 0. The molecule has 0 atom stereocenters. The number of hydrogen-bond acceptors (Lipinski definition) is 3. The van der Waals surface area contributed by atoms with Crippen molar-refractivity contribution in [1.82, 2.24) is 4.31 Å². The molecule has 4 nitrogen and oxygen atoms in total. The summed E-state index contributed by atoms with van der Waals surface area (Å²) in [6.07, 6.45) is -3.63. The molecule has 0 spiro atoms. The van der Waals surface area contributed by atoms with Crippen LogP contribution in [0.3, 0.4) is 0 Å². The van der Waals surface area contributed by atoms with Crippen LogP contribution in [0.4, 0.5) is 13.2 Å². The topological polar surface area (TPSA) is 61.2 Å². The molecule has 2 rings (SSSR count). The molecule has 0 radical (unpaired) electrons. The second-order valence-electron chi connectivity index (χ2n) is 4.96. The largest absolute Gasteiger partial charge is 0.402 e. The molecule has 0 heterocycles. The fourth-order valence-corrected chi connectivity index (χ4v) is 3.75. The molecular weight excluding hydrogens is 305 g/mol. The van der Waals surface area contributed by atoms with Crippen molar-refractivity contribution in [3.05, 3.63) is 35.4 Å². The molecule has 1 aromatic carbocycles. The molecule has 0 N–H and O–H groups in total. The molecule has 0 aromatic heterocycles. The molecule has 0 unspecified atom stereocenters. The third kappa shape index (κ3) is 4.44. The maximum atomic E-state index is 12.5. The molecule has 8 heteroatoms. The first-order valence-electron chi connectivity index (χ1n) is 6.26. The second-order valence-corrected chi connectivity index (χ2v) is 6.88. The molecular formula is C13H13F3N2O2S. The molecule has 21 heavy (non-hydrogen) atoms. The average molecular weight is 318 g/mol. The zero-order valence-corrected chi connectivity index (χ0v) is 11.8. The van der Waals surface area contributed by atoms with E-state index in [0.717, 1.165) is 0 Å². The van der Waals surface area contributed by atoms with E-state index in [-0.39, 0.29) is 0 Å². The van der Waals surface area contributed by atoms with E-state index in [9.17, 15) is 21.6 Å². The minimum atomic E-state index is -4.56. The Morgan fingerprint density at radius 1 is 1.24 bits per heavy atom. The van der Waals surface area contributed by atoms with E-state index < -0.39 is 34.5 Å². The van der Waals surface area contributed by atoms with Gasteiger partial charge in [0.2, 0.25) is 10.0 Å². The SMILES string of the molecule is N#Cc1ccc(CS(=O)(=O)N(CC(F)(F)F)C2CC2)cc1. The quantitative estimate of drug-likeness (QED) is 0.837. The van der Waals surface area contributed by atoms with Crippen molar-refractivity contribution in [1.29, 1.82) is 5.26 Å². The first kappa shape index (κ1) is 15.8. The zero-order chi connectivity index (χ0) is 15.7. The van der Waals surface area contributed by atoms with Crippen LogP contribution in [0.5, 0.6) is 0 Å². The molecule has 1 fully saturated rings. The summed E-state index contributed by atoms with van der Waals surface area (Å²) >= 11 is 0. The maximum Gasteiger partial charge on any atom is 0.402 e. The molecule has 1 aliphatic carbocycles. The van der Waals surface area contributed by atoms with Crippen LogP contribution in [0.2, 0.25) is 0 Å². The Kier molecular flexibility index (Phi) is 4.25. The molecule has 1 saturated carbocycles. The van der Waals surface area contributed by atoms with E-state index in [1.165, 1.54) is 24.3 Å². The highest BCUT2D eigenvalue weighted by molar-refractivity contribution is 7.88.